The average Bonchev–Trinajstić information content (AvgIpc) is 3.12. The molecule has 3 rings (SSSR count). The molecule has 0 saturated heterocycles. The monoisotopic (exact) mass is 351 g/mol. The van der Waals surface area contributed by atoms with Crippen molar-refractivity contribution in [2.24, 2.45) is 0 Å². The van der Waals surface area contributed by atoms with Gasteiger partial charge in [0.15, 0.2) is 6.10 Å². The van der Waals surface area contributed by atoms with Gasteiger partial charge in [-0.3, -0.25) is 4.68 Å². The maximum Gasteiger partial charge on any atom is 0.416 e. The van der Waals surface area contributed by atoms with Gasteiger partial charge in [-0.2, -0.15) is 23.5 Å². The van der Waals surface area contributed by atoms with E-state index in [0.717, 1.165) is 22.4 Å². The van der Waals surface area contributed by atoms with Crippen molar-refractivity contribution in [1.29, 1.82) is 5.26 Å². The lowest BCUT2D eigenvalue weighted by Crippen LogP contribution is -2.35. The summed E-state index contributed by atoms with van der Waals surface area (Å²) in [5.41, 5.74) is 4.17. The van der Waals surface area contributed by atoms with E-state index in [2.05, 4.69) is 11.2 Å². The minimum Gasteiger partial charge on any atom is -0.382 e. The minimum absolute atomic E-state index is 0.342. The van der Waals surface area contributed by atoms with Gasteiger partial charge in [-0.15, -0.1) is 0 Å². The highest BCUT2D eigenvalue weighted by Crippen LogP contribution is 2.32. The molecule has 1 aromatic carbocycles. The number of ether oxygens (including phenoxy) is 1. The smallest absolute Gasteiger partial charge is 0.382 e. The molecule has 0 saturated carbocycles. The molecule has 1 N–H and O–H groups in total. The van der Waals surface area contributed by atoms with Crippen LogP contribution in [0.4, 0.5) is 13.2 Å². The number of hydrogen-bond donors (Lipinski definition) is 1. The fourth-order valence-electron chi connectivity index (χ4n) is 2.95. The second-order valence-electron chi connectivity index (χ2n) is 6.05. The molecule has 0 fully saturated rings. The summed E-state index contributed by atoms with van der Waals surface area (Å²) in [6.45, 7) is 1.45. The lowest BCUT2D eigenvalue weighted by molar-refractivity contribution is -0.221. The number of rotatable bonds is 4. The number of fused-ring (bicyclic) bond motifs is 1. The molecule has 2 atom stereocenters. The highest BCUT2D eigenvalue weighted by Gasteiger charge is 2.39. The summed E-state index contributed by atoms with van der Waals surface area (Å²) in [4.78, 5) is 0. The van der Waals surface area contributed by atoms with Gasteiger partial charge in [-0.05, 0) is 30.2 Å². The standard InChI is InChI=1S/C17H16F3N3O2/c1-10-4-11(6-21)2-3-13(10)14-7-22-23-8-12(5-15(14)23)25-9-16(24)17(18,19)20/h2-4,7,12,16,24H,5,8-9H2,1H3/t12-,16?/m1/s1. The van der Waals surface area contributed by atoms with Gasteiger partial charge >= 0.3 is 6.18 Å². The van der Waals surface area contributed by atoms with E-state index in [4.69, 9.17) is 15.1 Å². The van der Waals surface area contributed by atoms with Crippen molar-refractivity contribution in [1.82, 2.24) is 9.78 Å². The number of nitriles is 1. The van der Waals surface area contributed by atoms with E-state index < -0.39 is 25.0 Å². The van der Waals surface area contributed by atoms with Gasteiger partial charge < -0.3 is 9.84 Å². The Morgan fingerprint density at radius 2 is 2.20 bits per heavy atom. The molecule has 132 valence electrons. The number of aromatic nitrogens is 2. The maximum atomic E-state index is 12.3. The molecule has 1 aliphatic heterocycles. The Bertz CT molecular complexity index is 824. The van der Waals surface area contributed by atoms with E-state index in [0.29, 0.717) is 18.5 Å². The summed E-state index contributed by atoms with van der Waals surface area (Å²) >= 11 is 0. The quantitative estimate of drug-likeness (QED) is 0.919. The van der Waals surface area contributed by atoms with Crippen molar-refractivity contribution >= 4 is 0 Å². The number of aryl methyl sites for hydroxylation is 1. The second-order valence-corrected chi connectivity index (χ2v) is 6.05. The fraction of sp³-hybridized carbons (Fsp3) is 0.412. The zero-order valence-electron chi connectivity index (χ0n) is 13.4. The number of nitrogens with zero attached hydrogens (tertiary/aromatic N) is 3. The first-order valence-electron chi connectivity index (χ1n) is 7.71. The normalized spacial score (nSPS) is 18.0. The average molecular weight is 351 g/mol. The molecule has 25 heavy (non-hydrogen) atoms. The van der Waals surface area contributed by atoms with E-state index in [-0.39, 0.29) is 0 Å². The lowest BCUT2D eigenvalue weighted by atomic mass is 9.98. The van der Waals surface area contributed by atoms with Crippen LogP contribution in [0.2, 0.25) is 0 Å². The number of aliphatic hydroxyl groups excluding tert-OH is 1. The molecular weight excluding hydrogens is 335 g/mol. The van der Waals surface area contributed by atoms with Crippen LogP contribution in [0.25, 0.3) is 11.1 Å². The lowest BCUT2D eigenvalue weighted by Gasteiger charge is -2.17. The van der Waals surface area contributed by atoms with Gasteiger partial charge in [0.25, 0.3) is 0 Å². The third-order valence-electron chi connectivity index (χ3n) is 4.26. The Labute approximate surface area is 142 Å². The van der Waals surface area contributed by atoms with Crippen LogP contribution in [0, 0.1) is 18.3 Å². The molecule has 0 radical (unpaired) electrons. The van der Waals surface area contributed by atoms with Gasteiger partial charge in [-0.25, -0.2) is 0 Å². The molecule has 8 heteroatoms. The maximum absolute atomic E-state index is 12.3. The Hall–Kier alpha value is -2.37. The zero-order chi connectivity index (χ0) is 18.2. The van der Waals surface area contributed by atoms with Crippen LogP contribution in [-0.2, 0) is 17.7 Å². The van der Waals surface area contributed by atoms with E-state index in [1.54, 1.807) is 23.0 Å². The third kappa shape index (κ3) is 3.52. The van der Waals surface area contributed by atoms with E-state index in [1.165, 1.54) is 0 Å². The summed E-state index contributed by atoms with van der Waals surface area (Å²) < 4.78 is 44.0. The van der Waals surface area contributed by atoms with Crippen molar-refractivity contribution in [2.75, 3.05) is 6.61 Å². The first kappa shape index (κ1) is 17.5. The van der Waals surface area contributed by atoms with Crippen molar-refractivity contribution in [3.05, 3.63) is 41.2 Å². The van der Waals surface area contributed by atoms with Crippen molar-refractivity contribution in [3.8, 4) is 17.2 Å². The SMILES string of the molecule is Cc1cc(C#N)ccc1-c1cnn2c1C[C@@H](OCC(O)C(F)(F)F)C2. The highest BCUT2D eigenvalue weighted by molar-refractivity contribution is 5.70. The summed E-state index contributed by atoms with van der Waals surface area (Å²) in [6, 6.07) is 7.42. The van der Waals surface area contributed by atoms with Gasteiger partial charge in [-0.1, -0.05) is 6.07 Å². The molecule has 1 aliphatic rings. The van der Waals surface area contributed by atoms with Crippen LogP contribution < -0.4 is 0 Å². The first-order chi connectivity index (χ1) is 11.8. The molecule has 0 aliphatic carbocycles. The third-order valence-corrected chi connectivity index (χ3v) is 4.26. The molecule has 0 bridgehead atoms. The topological polar surface area (TPSA) is 71.1 Å². The Balaban J connectivity index is 1.73. The number of alkyl halides is 3. The molecular formula is C17H16F3N3O2. The van der Waals surface area contributed by atoms with Crippen LogP contribution >= 0.6 is 0 Å². The van der Waals surface area contributed by atoms with Gasteiger partial charge in [0.2, 0.25) is 0 Å². The molecule has 0 amide bonds. The van der Waals surface area contributed by atoms with Crippen molar-refractivity contribution in [2.45, 2.75) is 38.3 Å². The van der Waals surface area contributed by atoms with Gasteiger partial charge in [0.05, 0.1) is 37.1 Å². The largest absolute Gasteiger partial charge is 0.416 e. The second kappa shape index (κ2) is 6.50. The van der Waals surface area contributed by atoms with Crippen LogP contribution in [0.1, 0.15) is 16.8 Å². The van der Waals surface area contributed by atoms with Gasteiger partial charge in [0.1, 0.15) is 0 Å². The highest BCUT2D eigenvalue weighted by atomic mass is 19.4. The Morgan fingerprint density at radius 3 is 2.84 bits per heavy atom. The molecule has 1 unspecified atom stereocenters. The number of hydrogen-bond acceptors (Lipinski definition) is 4. The van der Waals surface area contributed by atoms with E-state index in [1.807, 2.05) is 13.0 Å². The van der Waals surface area contributed by atoms with Crippen LogP contribution in [0.5, 0.6) is 0 Å². The Morgan fingerprint density at radius 1 is 1.44 bits per heavy atom. The molecule has 2 heterocycles. The minimum atomic E-state index is -4.68. The van der Waals surface area contributed by atoms with E-state index in [9.17, 15) is 13.2 Å². The number of aliphatic hydroxyl groups is 1. The fourth-order valence-corrected chi connectivity index (χ4v) is 2.95. The first-order valence-corrected chi connectivity index (χ1v) is 7.71. The number of benzene rings is 1. The molecule has 5 nitrogen and oxygen atoms in total. The van der Waals surface area contributed by atoms with Crippen molar-refractivity contribution < 1.29 is 23.0 Å². The molecule has 2 aromatic rings. The van der Waals surface area contributed by atoms with Crippen LogP contribution in [0.15, 0.2) is 24.4 Å². The van der Waals surface area contributed by atoms with Crippen LogP contribution in [0.3, 0.4) is 0 Å². The number of halogens is 3. The van der Waals surface area contributed by atoms with Crippen molar-refractivity contribution in [3.63, 3.8) is 0 Å². The Kier molecular flexibility index (Phi) is 4.54. The molecule has 1 aromatic heterocycles. The van der Waals surface area contributed by atoms with Crippen LogP contribution in [-0.4, -0.2) is 39.9 Å². The summed E-state index contributed by atoms with van der Waals surface area (Å²) in [5, 5.41) is 22.3. The predicted molar refractivity (Wildman–Crippen MR) is 82.6 cm³/mol. The summed E-state index contributed by atoms with van der Waals surface area (Å²) in [5.74, 6) is 0. The molecule has 0 spiro atoms. The van der Waals surface area contributed by atoms with Gasteiger partial charge in [0, 0.05) is 17.7 Å². The predicted octanol–water partition coefficient (Wildman–Crippen LogP) is 2.59. The summed E-state index contributed by atoms with van der Waals surface area (Å²) in [7, 11) is 0. The zero-order valence-corrected chi connectivity index (χ0v) is 13.4. The van der Waals surface area contributed by atoms with E-state index >= 15 is 0 Å². The summed E-state index contributed by atoms with van der Waals surface area (Å²) in [6.07, 6.45) is -5.50.